The van der Waals surface area contributed by atoms with Gasteiger partial charge in [-0.2, -0.15) is 0 Å². The fourth-order valence-corrected chi connectivity index (χ4v) is 3.34. The van der Waals surface area contributed by atoms with Gasteiger partial charge in [0.1, 0.15) is 0 Å². The third-order valence-electron chi connectivity index (χ3n) is 4.80. The summed E-state index contributed by atoms with van der Waals surface area (Å²) in [6.45, 7) is 6.35. The van der Waals surface area contributed by atoms with Crippen molar-refractivity contribution in [2.75, 3.05) is 14.2 Å². The average Bonchev–Trinajstić information content (AvgIpc) is 2.67. The van der Waals surface area contributed by atoms with Crippen LogP contribution in [0.4, 0.5) is 0 Å². The molecule has 0 radical (unpaired) electrons. The lowest BCUT2D eigenvalue weighted by Crippen LogP contribution is -2.00. The van der Waals surface area contributed by atoms with Crippen LogP contribution in [0.3, 0.4) is 0 Å². The SMILES string of the molecule is CCc1cc(-c2ccc(C)cc2)c(-c2ccc(C)cc2)c(OC)c1OC. The van der Waals surface area contributed by atoms with Crippen LogP contribution in [0.1, 0.15) is 23.6 Å². The monoisotopic (exact) mass is 346 g/mol. The predicted molar refractivity (Wildman–Crippen MR) is 109 cm³/mol. The van der Waals surface area contributed by atoms with Crippen molar-refractivity contribution in [3.05, 3.63) is 71.3 Å². The highest BCUT2D eigenvalue weighted by Gasteiger charge is 2.21. The van der Waals surface area contributed by atoms with E-state index in [9.17, 15) is 0 Å². The van der Waals surface area contributed by atoms with E-state index in [-0.39, 0.29) is 0 Å². The van der Waals surface area contributed by atoms with E-state index in [4.69, 9.17) is 9.47 Å². The van der Waals surface area contributed by atoms with Gasteiger partial charge in [-0.05, 0) is 48.6 Å². The second kappa shape index (κ2) is 7.65. The zero-order chi connectivity index (χ0) is 18.7. The van der Waals surface area contributed by atoms with Crippen molar-refractivity contribution in [1.82, 2.24) is 0 Å². The van der Waals surface area contributed by atoms with Crippen molar-refractivity contribution in [2.45, 2.75) is 27.2 Å². The Labute approximate surface area is 156 Å². The summed E-state index contributed by atoms with van der Waals surface area (Å²) in [7, 11) is 3.43. The van der Waals surface area contributed by atoms with Crippen LogP contribution in [0.25, 0.3) is 22.3 Å². The maximum absolute atomic E-state index is 5.86. The molecule has 0 amide bonds. The van der Waals surface area contributed by atoms with Crippen molar-refractivity contribution >= 4 is 0 Å². The Morgan fingerprint density at radius 1 is 0.692 bits per heavy atom. The summed E-state index contributed by atoms with van der Waals surface area (Å²) < 4.78 is 11.6. The molecular formula is C24H26O2. The number of aryl methyl sites for hydroxylation is 3. The molecule has 2 nitrogen and oxygen atoms in total. The average molecular weight is 346 g/mol. The number of ether oxygens (including phenoxy) is 2. The van der Waals surface area contributed by atoms with Gasteiger partial charge >= 0.3 is 0 Å². The Bertz CT molecular complexity index is 891. The van der Waals surface area contributed by atoms with Crippen LogP contribution >= 0.6 is 0 Å². The maximum atomic E-state index is 5.86. The lowest BCUT2D eigenvalue weighted by atomic mass is 9.90. The standard InChI is InChI=1S/C24H26O2/c1-6-18-15-21(19-11-7-16(2)8-12-19)22(24(26-5)23(18)25-4)20-13-9-17(3)10-14-20/h7-15H,6H2,1-5H3. The molecule has 0 saturated carbocycles. The minimum Gasteiger partial charge on any atom is -0.493 e. The van der Waals surface area contributed by atoms with Gasteiger partial charge in [-0.1, -0.05) is 66.6 Å². The number of benzene rings is 3. The molecule has 3 aromatic carbocycles. The zero-order valence-corrected chi connectivity index (χ0v) is 16.2. The lowest BCUT2D eigenvalue weighted by molar-refractivity contribution is 0.353. The van der Waals surface area contributed by atoms with Gasteiger partial charge in [-0.15, -0.1) is 0 Å². The quantitative estimate of drug-likeness (QED) is 0.546. The lowest BCUT2D eigenvalue weighted by Gasteiger charge is -2.21. The van der Waals surface area contributed by atoms with Gasteiger partial charge in [-0.25, -0.2) is 0 Å². The summed E-state index contributed by atoms with van der Waals surface area (Å²) in [6.07, 6.45) is 0.882. The fraction of sp³-hybridized carbons (Fsp3) is 0.250. The minimum absolute atomic E-state index is 0.797. The van der Waals surface area contributed by atoms with E-state index in [1.807, 2.05) is 0 Å². The van der Waals surface area contributed by atoms with Gasteiger partial charge in [-0.3, -0.25) is 0 Å². The molecule has 0 aliphatic heterocycles. The van der Waals surface area contributed by atoms with E-state index >= 15 is 0 Å². The van der Waals surface area contributed by atoms with Crippen LogP contribution in [0.5, 0.6) is 11.5 Å². The van der Waals surface area contributed by atoms with Crippen molar-refractivity contribution in [3.8, 4) is 33.8 Å². The Morgan fingerprint density at radius 3 is 1.65 bits per heavy atom. The minimum atomic E-state index is 0.797. The third-order valence-corrected chi connectivity index (χ3v) is 4.80. The number of rotatable bonds is 5. The summed E-state index contributed by atoms with van der Waals surface area (Å²) in [5, 5.41) is 0. The Kier molecular flexibility index (Phi) is 5.32. The van der Waals surface area contributed by atoms with Crippen molar-refractivity contribution in [3.63, 3.8) is 0 Å². The zero-order valence-electron chi connectivity index (χ0n) is 16.2. The van der Waals surface area contributed by atoms with E-state index in [0.29, 0.717) is 0 Å². The van der Waals surface area contributed by atoms with Gasteiger partial charge in [0, 0.05) is 5.56 Å². The van der Waals surface area contributed by atoms with E-state index in [1.54, 1.807) is 14.2 Å². The van der Waals surface area contributed by atoms with E-state index in [0.717, 1.165) is 34.6 Å². The highest BCUT2D eigenvalue weighted by atomic mass is 16.5. The summed E-state index contributed by atoms with van der Waals surface area (Å²) in [6, 6.07) is 19.4. The van der Waals surface area contributed by atoms with Gasteiger partial charge < -0.3 is 9.47 Å². The molecule has 26 heavy (non-hydrogen) atoms. The smallest absolute Gasteiger partial charge is 0.169 e. The van der Waals surface area contributed by atoms with Crippen LogP contribution in [0, 0.1) is 13.8 Å². The first-order valence-electron chi connectivity index (χ1n) is 9.01. The summed E-state index contributed by atoms with van der Waals surface area (Å²) in [5.41, 5.74) is 8.19. The topological polar surface area (TPSA) is 18.5 Å². The number of hydrogen-bond donors (Lipinski definition) is 0. The first-order valence-corrected chi connectivity index (χ1v) is 9.01. The molecule has 0 bridgehead atoms. The summed E-state index contributed by atoms with van der Waals surface area (Å²) in [5.74, 6) is 1.62. The summed E-state index contributed by atoms with van der Waals surface area (Å²) in [4.78, 5) is 0. The van der Waals surface area contributed by atoms with Gasteiger partial charge in [0.25, 0.3) is 0 Å². The number of hydrogen-bond acceptors (Lipinski definition) is 2. The molecular weight excluding hydrogens is 320 g/mol. The Morgan fingerprint density at radius 2 is 1.19 bits per heavy atom. The van der Waals surface area contributed by atoms with Crippen LogP contribution in [0.2, 0.25) is 0 Å². The molecule has 0 atom stereocenters. The summed E-state index contributed by atoms with van der Waals surface area (Å²) >= 11 is 0. The predicted octanol–water partition coefficient (Wildman–Crippen LogP) is 6.22. The Balaban J connectivity index is 2.36. The van der Waals surface area contributed by atoms with Crippen LogP contribution in [0.15, 0.2) is 54.6 Å². The number of methoxy groups -OCH3 is 2. The largest absolute Gasteiger partial charge is 0.493 e. The van der Waals surface area contributed by atoms with E-state index in [1.165, 1.54) is 22.3 Å². The van der Waals surface area contributed by atoms with Crippen molar-refractivity contribution in [1.29, 1.82) is 0 Å². The molecule has 0 fully saturated rings. The molecule has 0 saturated heterocycles. The molecule has 0 aliphatic rings. The molecule has 0 heterocycles. The third kappa shape index (κ3) is 3.32. The van der Waals surface area contributed by atoms with Gasteiger partial charge in [0.05, 0.1) is 14.2 Å². The first kappa shape index (κ1) is 18.1. The van der Waals surface area contributed by atoms with Crippen LogP contribution < -0.4 is 9.47 Å². The van der Waals surface area contributed by atoms with Gasteiger partial charge in [0.15, 0.2) is 11.5 Å². The van der Waals surface area contributed by atoms with Crippen LogP contribution in [-0.4, -0.2) is 14.2 Å². The second-order valence-corrected chi connectivity index (χ2v) is 6.61. The molecule has 0 spiro atoms. The van der Waals surface area contributed by atoms with Crippen LogP contribution in [-0.2, 0) is 6.42 Å². The molecule has 0 aromatic heterocycles. The highest BCUT2D eigenvalue weighted by molar-refractivity contribution is 5.90. The Hall–Kier alpha value is -2.74. The molecule has 134 valence electrons. The first-order chi connectivity index (χ1) is 12.6. The molecule has 2 heteroatoms. The molecule has 0 aliphatic carbocycles. The molecule has 3 rings (SSSR count). The fourth-order valence-electron chi connectivity index (χ4n) is 3.34. The van der Waals surface area contributed by atoms with Gasteiger partial charge in [0.2, 0.25) is 0 Å². The van der Waals surface area contributed by atoms with Crippen molar-refractivity contribution in [2.24, 2.45) is 0 Å². The molecule has 3 aromatic rings. The van der Waals surface area contributed by atoms with E-state index in [2.05, 4.69) is 75.4 Å². The molecule has 0 N–H and O–H groups in total. The van der Waals surface area contributed by atoms with E-state index < -0.39 is 0 Å². The normalized spacial score (nSPS) is 10.7. The molecule has 0 unspecified atom stereocenters. The maximum Gasteiger partial charge on any atom is 0.169 e. The highest BCUT2D eigenvalue weighted by Crippen LogP contribution is 2.47. The second-order valence-electron chi connectivity index (χ2n) is 6.61. The van der Waals surface area contributed by atoms with Crippen molar-refractivity contribution < 1.29 is 9.47 Å².